The Morgan fingerprint density at radius 2 is 1.82 bits per heavy atom. The largest absolute Gasteiger partial charge is 0.494 e. The van der Waals surface area contributed by atoms with Gasteiger partial charge in [0.1, 0.15) is 17.0 Å². The SMILES string of the molecule is CCOc1ccc(NC(=O)c2cc3c(=O)oc4ccccc4c3n2CC)cc1. The summed E-state index contributed by atoms with van der Waals surface area (Å²) in [7, 11) is 0. The average Bonchev–Trinajstić information content (AvgIpc) is 3.10. The van der Waals surface area contributed by atoms with Crippen molar-refractivity contribution in [3.05, 3.63) is 70.7 Å². The van der Waals surface area contributed by atoms with Crippen molar-refractivity contribution >= 4 is 33.5 Å². The molecule has 0 aliphatic heterocycles. The second-order valence-corrected chi connectivity index (χ2v) is 6.33. The first-order valence-electron chi connectivity index (χ1n) is 9.21. The number of nitrogens with zero attached hydrogens (tertiary/aromatic N) is 1. The maximum Gasteiger partial charge on any atom is 0.345 e. The van der Waals surface area contributed by atoms with E-state index in [2.05, 4.69) is 5.32 Å². The lowest BCUT2D eigenvalue weighted by atomic mass is 10.2. The summed E-state index contributed by atoms with van der Waals surface area (Å²) in [5.74, 6) is 0.456. The van der Waals surface area contributed by atoms with Gasteiger partial charge in [-0.3, -0.25) is 4.79 Å². The van der Waals surface area contributed by atoms with Gasteiger partial charge in [0, 0.05) is 17.6 Å². The Hall–Kier alpha value is -3.54. The van der Waals surface area contributed by atoms with Crippen LogP contribution in [0.25, 0.3) is 21.9 Å². The number of benzene rings is 2. The summed E-state index contributed by atoms with van der Waals surface area (Å²) < 4.78 is 12.7. The summed E-state index contributed by atoms with van der Waals surface area (Å²) >= 11 is 0. The number of amides is 1. The molecule has 2 aromatic heterocycles. The molecule has 0 atom stereocenters. The first kappa shape index (κ1) is 17.9. The van der Waals surface area contributed by atoms with Crippen LogP contribution in [0, 0.1) is 0 Å². The smallest absolute Gasteiger partial charge is 0.345 e. The minimum Gasteiger partial charge on any atom is -0.494 e. The van der Waals surface area contributed by atoms with E-state index in [1.807, 2.05) is 36.6 Å². The monoisotopic (exact) mass is 376 g/mol. The number of ether oxygens (including phenoxy) is 1. The zero-order chi connectivity index (χ0) is 19.7. The van der Waals surface area contributed by atoms with Crippen LogP contribution in [0.15, 0.2) is 63.8 Å². The molecule has 0 radical (unpaired) electrons. The summed E-state index contributed by atoms with van der Waals surface area (Å²) in [5.41, 5.74) is 1.83. The molecule has 1 amide bonds. The molecule has 28 heavy (non-hydrogen) atoms. The maximum absolute atomic E-state index is 12.9. The lowest BCUT2D eigenvalue weighted by molar-refractivity contribution is 0.101. The van der Waals surface area contributed by atoms with Gasteiger partial charge in [-0.2, -0.15) is 0 Å². The molecule has 0 spiro atoms. The Morgan fingerprint density at radius 1 is 1.07 bits per heavy atom. The molecule has 0 fully saturated rings. The van der Waals surface area contributed by atoms with Crippen molar-refractivity contribution in [3.63, 3.8) is 0 Å². The summed E-state index contributed by atoms with van der Waals surface area (Å²) in [6, 6.07) is 16.1. The number of nitrogens with one attached hydrogen (secondary N) is 1. The van der Waals surface area contributed by atoms with Crippen LogP contribution in [0.2, 0.25) is 0 Å². The summed E-state index contributed by atoms with van der Waals surface area (Å²) in [5, 5.41) is 4.09. The molecule has 2 heterocycles. The van der Waals surface area contributed by atoms with Crippen LogP contribution < -0.4 is 15.7 Å². The molecule has 1 N–H and O–H groups in total. The van der Waals surface area contributed by atoms with Crippen molar-refractivity contribution in [2.45, 2.75) is 20.4 Å². The third-order valence-electron chi connectivity index (χ3n) is 4.63. The zero-order valence-electron chi connectivity index (χ0n) is 15.7. The molecule has 0 aliphatic carbocycles. The van der Waals surface area contributed by atoms with E-state index in [4.69, 9.17) is 9.15 Å². The molecule has 0 unspecified atom stereocenters. The predicted octanol–water partition coefficient (Wildman–Crippen LogP) is 4.42. The number of fused-ring (bicyclic) bond motifs is 3. The highest BCUT2D eigenvalue weighted by Gasteiger charge is 2.20. The van der Waals surface area contributed by atoms with Gasteiger partial charge in [0.05, 0.1) is 17.5 Å². The highest BCUT2D eigenvalue weighted by molar-refractivity contribution is 6.10. The lowest BCUT2D eigenvalue weighted by Gasteiger charge is -2.10. The highest BCUT2D eigenvalue weighted by atomic mass is 16.5. The number of hydrogen-bond donors (Lipinski definition) is 1. The van der Waals surface area contributed by atoms with Crippen LogP contribution in [0.4, 0.5) is 5.69 Å². The molecule has 6 heteroatoms. The molecule has 2 aromatic carbocycles. The van der Waals surface area contributed by atoms with Gasteiger partial charge in [-0.15, -0.1) is 0 Å². The standard InChI is InChI=1S/C22H20N2O4/c1-3-24-18(21(25)23-14-9-11-15(12-10-14)27-4-2)13-17-20(24)16-7-5-6-8-19(16)28-22(17)26/h5-13H,3-4H2,1-2H3,(H,23,25). The Morgan fingerprint density at radius 3 is 2.54 bits per heavy atom. The molecular weight excluding hydrogens is 356 g/mol. The Bertz CT molecular complexity index is 1220. The van der Waals surface area contributed by atoms with Crippen LogP contribution >= 0.6 is 0 Å². The third kappa shape index (κ3) is 3.03. The fraction of sp³-hybridized carbons (Fsp3) is 0.182. The highest BCUT2D eigenvalue weighted by Crippen LogP contribution is 2.26. The molecule has 0 aliphatic rings. The normalized spacial score (nSPS) is 11.1. The Kier molecular flexibility index (Phi) is 4.61. The van der Waals surface area contributed by atoms with E-state index in [1.54, 1.807) is 36.4 Å². The van der Waals surface area contributed by atoms with E-state index in [1.165, 1.54) is 0 Å². The van der Waals surface area contributed by atoms with E-state index in [-0.39, 0.29) is 5.91 Å². The Labute approximate surface area is 161 Å². The molecular formula is C22H20N2O4. The van der Waals surface area contributed by atoms with E-state index in [0.29, 0.717) is 41.0 Å². The van der Waals surface area contributed by atoms with Crippen LogP contribution in [0.1, 0.15) is 24.3 Å². The lowest BCUT2D eigenvalue weighted by Crippen LogP contribution is -2.16. The van der Waals surface area contributed by atoms with Crippen LogP contribution in [-0.2, 0) is 6.54 Å². The Balaban J connectivity index is 1.77. The first-order chi connectivity index (χ1) is 13.6. The van der Waals surface area contributed by atoms with Gasteiger partial charge < -0.3 is 19.0 Å². The molecule has 0 bridgehead atoms. The number of carbonyl (C=O) groups is 1. The van der Waals surface area contributed by atoms with Crippen LogP contribution in [0.3, 0.4) is 0 Å². The van der Waals surface area contributed by atoms with Gasteiger partial charge in [-0.05, 0) is 56.3 Å². The maximum atomic E-state index is 12.9. The van der Waals surface area contributed by atoms with Crippen molar-refractivity contribution in [2.24, 2.45) is 0 Å². The number of aryl methyl sites for hydroxylation is 1. The van der Waals surface area contributed by atoms with E-state index in [9.17, 15) is 9.59 Å². The first-order valence-corrected chi connectivity index (χ1v) is 9.21. The molecule has 142 valence electrons. The van der Waals surface area contributed by atoms with Crippen LogP contribution in [-0.4, -0.2) is 17.1 Å². The van der Waals surface area contributed by atoms with Crippen molar-refractivity contribution in [2.75, 3.05) is 11.9 Å². The van der Waals surface area contributed by atoms with Gasteiger partial charge in [0.2, 0.25) is 0 Å². The molecule has 4 aromatic rings. The zero-order valence-corrected chi connectivity index (χ0v) is 15.7. The van der Waals surface area contributed by atoms with Crippen molar-refractivity contribution < 1.29 is 13.9 Å². The second kappa shape index (κ2) is 7.23. The molecule has 0 saturated carbocycles. The van der Waals surface area contributed by atoms with Crippen molar-refractivity contribution in [1.82, 2.24) is 4.57 Å². The van der Waals surface area contributed by atoms with Crippen molar-refractivity contribution in [1.29, 1.82) is 0 Å². The number of aromatic nitrogens is 1. The number of para-hydroxylation sites is 1. The topological polar surface area (TPSA) is 73.5 Å². The fourth-order valence-electron chi connectivity index (χ4n) is 3.41. The van der Waals surface area contributed by atoms with Gasteiger partial charge >= 0.3 is 5.63 Å². The van der Waals surface area contributed by atoms with Crippen LogP contribution in [0.5, 0.6) is 5.75 Å². The molecule has 4 rings (SSSR count). The number of hydrogen-bond acceptors (Lipinski definition) is 4. The quantitative estimate of drug-likeness (QED) is 0.523. The van der Waals surface area contributed by atoms with Gasteiger partial charge in [-0.1, -0.05) is 12.1 Å². The van der Waals surface area contributed by atoms with E-state index >= 15 is 0 Å². The van der Waals surface area contributed by atoms with Gasteiger partial charge in [0.15, 0.2) is 0 Å². The van der Waals surface area contributed by atoms with E-state index in [0.717, 1.165) is 11.1 Å². The van der Waals surface area contributed by atoms with Crippen molar-refractivity contribution in [3.8, 4) is 5.75 Å². The average molecular weight is 376 g/mol. The number of rotatable bonds is 5. The molecule has 6 nitrogen and oxygen atoms in total. The summed E-state index contributed by atoms with van der Waals surface area (Å²) in [6.07, 6.45) is 0. The molecule has 0 saturated heterocycles. The number of carbonyl (C=O) groups excluding carboxylic acids is 1. The van der Waals surface area contributed by atoms with E-state index < -0.39 is 5.63 Å². The summed E-state index contributed by atoms with van der Waals surface area (Å²) in [4.78, 5) is 25.4. The number of anilines is 1. The predicted molar refractivity (Wildman–Crippen MR) is 109 cm³/mol. The minimum absolute atomic E-state index is 0.286. The van der Waals surface area contributed by atoms with Gasteiger partial charge in [0.25, 0.3) is 5.91 Å². The minimum atomic E-state index is -0.448. The summed E-state index contributed by atoms with van der Waals surface area (Å²) in [6.45, 7) is 4.98. The van der Waals surface area contributed by atoms with Gasteiger partial charge in [-0.25, -0.2) is 4.79 Å². The second-order valence-electron chi connectivity index (χ2n) is 6.33. The third-order valence-corrected chi connectivity index (χ3v) is 4.63. The fourth-order valence-corrected chi connectivity index (χ4v) is 3.41.